The number of hydrogen-bond donors (Lipinski definition) is 1. The molecule has 20 heavy (non-hydrogen) atoms. The van der Waals surface area contributed by atoms with Gasteiger partial charge >= 0.3 is 5.97 Å². The summed E-state index contributed by atoms with van der Waals surface area (Å²) in [5.74, 6) is 0.0779. The molecule has 0 spiro atoms. The van der Waals surface area contributed by atoms with E-state index < -0.39 is 11.4 Å². The number of hydrogen-bond acceptors (Lipinski definition) is 2. The first-order valence-corrected chi connectivity index (χ1v) is 7.28. The Bertz CT molecular complexity index is 530. The van der Waals surface area contributed by atoms with Crippen LogP contribution in [-0.2, 0) is 24.1 Å². The van der Waals surface area contributed by atoms with Gasteiger partial charge in [0.15, 0.2) is 0 Å². The van der Waals surface area contributed by atoms with Crippen LogP contribution in [-0.4, -0.2) is 18.2 Å². The van der Waals surface area contributed by atoms with Crippen LogP contribution in [0.1, 0.15) is 48.9 Å². The second kappa shape index (κ2) is 5.47. The molecule has 0 atom stereocenters. The van der Waals surface area contributed by atoms with Gasteiger partial charge in [-0.15, -0.1) is 0 Å². The summed E-state index contributed by atoms with van der Waals surface area (Å²) in [5, 5.41) is 9.35. The van der Waals surface area contributed by atoms with Gasteiger partial charge in [-0.05, 0) is 81.2 Å². The number of aliphatic carboxylic acids is 1. The number of carbonyl (C=O) groups is 1. The van der Waals surface area contributed by atoms with Crippen LogP contribution in [0.25, 0.3) is 0 Å². The number of carboxylic acid groups (broad SMARTS) is 1. The molecule has 0 bridgehead atoms. The molecule has 0 aliphatic heterocycles. The maximum Gasteiger partial charge on any atom is 0.309 e. The van der Waals surface area contributed by atoms with E-state index in [4.69, 9.17) is 4.74 Å². The molecule has 1 aliphatic carbocycles. The summed E-state index contributed by atoms with van der Waals surface area (Å²) in [6.07, 6.45) is 5.17. The van der Waals surface area contributed by atoms with E-state index in [0.717, 1.165) is 24.2 Å². The average Bonchev–Trinajstić information content (AvgIpc) is 2.41. The highest BCUT2D eigenvalue weighted by molar-refractivity contribution is 5.74. The fraction of sp³-hybridized carbons (Fsp3) is 0.588. The molecule has 0 saturated heterocycles. The molecular formula is C17H24O3. The summed E-state index contributed by atoms with van der Waals surface area (Å²) in [5.41, 5.74) is 4.30. The molecule has 0 radical (unpaired) electrons. The van der Waals surface area contributed by atoms with Crippen LogP contribution in [0.15, 0.2) is 6.07 Å². The third kappa shape index (κ3) is 2.67. The van der Waals surface area contributed by atoms with Crippen LogP contribution in [0.2, 0.25) is 0 Å². The topological polar surface area (TPSA) is 46.5 Å². The van der Waals surface area contributed by atoms with Gasteiger partial charge in [-0.3, -0.25) is 4.79 Å². The molecule has 3 nitrogen and oxygen atoms in total. The minimum absolute atomic E-state index is 0.505. The van der Waals surface area contributed by atoms with Gasteiger partial charge in [-0.2, -0.15) is 0 Å². The number of aryl methyl sites for hydroxylation is 1. The van der Waals surface area contributed by atoms with Crippen LogP contribution in [0.4, 0.5) is 0 Å². The lowest BCUT2D eigenvalue weighted by atomic mass is 9.80. The van der Waals surface area contributed by atoms with E-state index >= 15 is 0 Å². The van der Waals surface area contributed by atoms with Crippen LogP contribution < -0.4 is 4.74 Å². The Hall–Kier alpha value is -1.51. The van der Waals surface area contributed by atoms with Crippen LogP contribution in [0, 0.1) is 12.3 Å². The summed E-state index contributed by atoms with van der Waals surface area (Å²) in [6.45, 7) is 5.65. The SMILES string of the molecule is COc1cc2c(c(C)c1CC(C)(C)C(=O)O)CCCC2. The zero-order valence-electron chi connectivity index (χ0n) is 12.9. The highest BCUT2D eigenvalue weighted by Gasteiger charge is 2.30. The molecule has 0 heterocycles. The lowest BCUT2D eigenvalue weighted by Crippen LogP contribution is -2.27. The van der Waals surface area contributed by atoms with Gasteiger partial charge in [0.2, 0.25) is 0 Å². The van der Waals surface area contributed by atoms with Crippen molar-refractivity contribution in [2.24, 2.45) is 5.41 Å². The quantitative estimate of drug-likeness (QED) is 0.915. The van der Waals surface area contributed by atoms with E-state index in [2.05, 4.69) is 13.0 Å². The fourth-order valence-corrected chi connectivity index (χ4v) is 3.05. The highest BCUT2D eigenvalue weighted by atomic mass is 16.5. The molecule has 0 unspecified atom stereocenters. The molecule has 1 N–H and O–H groups in total. The first-order valence-electron chi connectivity index (χ1n) is 7.28. The van der Waals surface area contributed by atoms with Crippen LogP contribution in [0.3, 0.4) is 0 Å². The Morgan fingerprint density at radius 1 is 1.35 bits per heavy atom. The Morgan fingerprint density at radius 3 is 2.60 bits per heavy atom. The molecule has 1 aromatic carbocycles. The third-order valence-electron chi connectivity index (χ3n) is 4.44. The molecule has 2 rings (SSSR count). The van der Waals surface area contributed by atoms with Gasteiger partial charge in [0.1, 0.15) is 5.75 Å². The van der Waals surface area contributed by atoms with Crippen molar-refractivity contribution in [3.05, 3.63) is 28.3 Å². The molecule has 1 aromatic rings. The van der Waals surface area contributed by atoms with E-state index in [0.29, 0.717) is 6.42 Å². The lowest BCUT2D eigenvalue weighted by Gasteiger charge is -2.26. The van der Waals surface area contributed by atoms with Crippen molar-refractivity contribution >= 4 is 5.97 Å². The zero-order valence-corrected chi connectivity index (χ0v) is 12.9. The van der Waals surface area contributed by atoms with Gasteiger partial charge in [0.05, 0.1) is 12.5 Å². The van der Waals surface area contributed by atoms with E-state index in [1.165, 1.54) is 29.5 Å². The summed E-state index contributed by atoms with van der Waals surface area (Å²) < 4.78 is 5.52. The van der Waals surface area contributed by atoms with Crippen molar-refractivity contribution in [2.75, 3.05) is 7.11 Å². The fourth-order valence-electron chi connectivity index (χ4n) is 3.05. The number of methoxy groups -OCH3 is 1. The number of ether oxygens (including phenoxy) is 1. The van der Waals surface area contributed by atoms with Crippen LogP contribution in [0.5, 0.6) is 5.75 Å². The predicted molar refractivity (Wildman–Crippen MR) is 79.5 cm³/mol. The highest BCUT2D eigenvalue weighted by Crippen LogP contribution is 2.36. The molecule has 0 fully saturated rings. The van der Waals surface area contributed by atoms with E-state index in [1.54, 1.807) is 21.0 Å². The standard InChI is InChI=1S/C17H24O3/c1-11-13-8-6-5-7-12(13)9-15(20-4)14(11)10-17(2,3)16(18)19/h9H,5-8,10H2,1-4H3,(H,18,19). The molecule has 1 aliphatic rings. The zero-order chi connectivity index (χ0) is 14.9. The summed E-state index contributed by atoms with van der Waals surface area (Å²) in [6, 6.07) is 2.12. The van der Waals surface area contributed by atoms with Crippen molar-refractivity contribution < 1.29 is 14.6 Å². The summed E-state index contributed by atoms with van der Waals surface area (Å²) >= 11 is 0. The van der Waals surface area contributed by atoms with Crippen molar-refractivity contribution in [2.45, 2.75) is 52.9 Å². The Labute approximate surface area is 121 Å². The van der Waals surface area contributed by atoms with Gasteiger partial charge in [0.25, 0.3) is 0 Å². The number of fused-ring (bicyclic) bond motifs is 1. The van der Waals surface area contributed by atoms with E-state index in [-0.39, 0.29) is 0 Å². The Balaban J connectivity index is 2.49. The number of rotatable bonds is 4. The third-order valence-corrected chi connectivity index (χ3v) is 4.44. The van der Waals surface area contributed by atoms with Crippen molar-refractivity contribution in [1.82, 2.24) is 0 Å². The van der Waals surface area contributed by atoms with Gasteiger partial charge < -0.3 is 9.84 Å². The monoisotopic (exact) mass is 276 g/mol. The van der Waals surface area contributed by atoms with Gasteiger partial charge in [-0.1, -0.05) is 0 Å². The average molecular weight is 276 g/mol. The Morgan fingerprint density at radius 2 is 2.00 bits per heavy atom. The second-order valence-electron chi connectivity index (χ2n) is 6.39. The van der Waals surface area contributed by atoms with Gasteiger partial charge in [0, 0.05) is 0 Å². The summed E-state index contributed by atoms with van der Waals surface area (Å²) in [4.78, 5) is 11.4. The lowest BCUT2D eigenvalue weighted by molar-refractivity contribution is -0.146. The number of benzene rings is 1. The second-order valence-corrected chi connectivity index (χ2v) is 6.39. The first kappa shape index (κ1) is 14.9. The summed E-state index contributed by atoms with van der Waals surface area (Å²) in [7, 11) is 1.67. The largest absolute Gasteiger partial charge is 0.496 e. The van der Waals surface area contributed by atoms with Crippen LogP contribution >= 0.6 is 0 Å². The molecular weight excluding hydrogens is 252 g/mol. The van der Waals surface area contributed by atoms with E-state index in [1.807, 2.05) is 0 Å². The molecule has 110 valence electrons. The smallest absolute Gasteiger partial charge is 0.309 e. The first-order chi connectivity index (χ1) is 9.36. The Kier molecular flexibility index (Phi) is 4.07. The van der Waals surface area contributed by atoms with Crippen molar-refractivity contribution in [3.8, 4) is 5.75 Å². The maximum atomic E-state index is 11.4. The molecule has 3 heteroatoms. The maximum absolute atomic E-state index is 11.4. The number of carboxylic acids is 1. The molecule has 0 saturated carbocycles. The van der Waals surface area contributed by atoms with Crippen molar-refractivity contribution in [1.29, 1.82) is 0 Å². The molecule has 0 amide bonds. The normalized spacial score (nSPS) is 14.8. The van der Waals surface area contributed by atoms with E-state index in [9.17, 15) is 9.90 Å². The van der Waals surface area contributed by atoms with Crippen molar-refractivity contribution in [3.63, 3.8) is 0 Å². The minimum atomic E-state index is -0.777. The molecule has 0 aromatic heterocycles. The van der Waals surface area contributed by atoms with Gasteiger partial charge in [-0.25, -0.2) is 0 Å². The predicted octanol–water partition coefficient (Wildman–Crippen LogP) is 3.54. The minimum Gasteiger partial charge on any atom is -0.496 e.